The molecule has 0 bridgehead atoms. The number of benzene rings is 1. The minimum atomic E-state index is -0.289. The molecular weight excluding hydrogens is 414 g/mol. The molecule has 9 heteroatoms. The van der Waals surface area contributed by atoms with E-state index in [0.29, 0.717) is 36.4 Å². The van der Waals surface area contributed by atoms with Crippen LogP contribution < -0.4 is 10.1 Å². The van der Waals surface area contributed by atoms with Gasteiger partial charge in [-0.05, 0) is 55.2 Å². The third kappa shape index (κ3) is 3.69. The largest absolute Gasteiger partial charge is 0.497 e. The monoisotopic (exact) mass is 437 g/mol. The molecule has 2 atom stereocenters. The molecule has 8 nitrogen and oxygen atoms in total. The first kappa shape index (κ1) is 19.7. The number of fused-ring (bicyclic) bond motifs is 2. The molecule has 1 fully saturated rings. The summed E-state index contributed by atoms with van der Waals surface area (Å²) in [5.74, 6) is 2.29. The second kappa shape index (κ2) is 7.81. The first-order chi connectivity index (χ1) is 15.0. The number of nitrogens with zero attached hydrogens (tertiary/aromatic N) is 4. The molecule has 1 N–H and O–H groups in total. The molecule has 0 unspecified atom stereocenters. The highest BCUT2D eigenvalue weighted by atomic mass is 32.1. The molecule has 5 rings (SSSR count). The lowest BCUT2D eigenvalue weighted by Gasteiger charge is -2.25. The quantitative estimate of drug-likeness (QED) is 0.678. The first-order valence-electron chi connectivity index (χ1n) is 10.2. The van der Waals surface area contributed by atoms with Gasteiger partial charge in [-0.1, -0.05) is 0 Å². The number of nitrogens with one attached hydrogen (secondary N) is 1. The molecule has 160 valence electrons. The summed E-state index contributed by atoms with van der Waals surface area (Å²) >= 11 is 1.53. The number of amides is 2. The molecule has 2 aromatic heterocycles. The number of aryl methyl sites for hydroxylation is 1. The second-order valence-electron chi connectivity index (χ2n) is 8.08. The van der Waals surface area contributed by atoms with Crippen molar-refractivity contribution in [2.24, 2.45) is 11.8 Å². The minimum absolute atomic E-state index is 0.0979. The highest BCUT2D eigenvalue weighted by Crippen LogP contribution is 2.34. The van der Waals surface area contributed by atoms with Crippen molar-refractivity contribution in [3.8, 4) is 5.75 Å². The van der Waals surface area contributed by atoms with E-state index in [9.17, 15) is 9.59 Å². The average molecular weight is 438 g/mol. The molecule has 4 heterocycles. The number of thiophene rings is 1. The highest BCUT2D eigenvalue weighted by molar-refractivity contribution is 7.13. The second-order valence-corrected chi connectivity index (χ2v) is 9.37. The van der Waals surface area contributed by atoms with Gasteiger partial charge in [0.1, 0.15) is 11.6 Å². The van der Waals surface area contributed by atoms with E-state index in [0.717, 1.165) is 34.3 Å². The van der Waals surface area contributed by atoms with Crippen LogP contribution in [0.5, 0.6) is 5.75 Å². The van der Waals surface area contributed by atoms with Crippen molar-refractivity contribution < 1.29 is 14.3 Å². The summed E-state index contributed by atoms with van der Waals surface area (Å²) in [7, 11) is 1.60. The van der Waals surface area contributed by atoms with Crippen molar-refractivity contribution in [3.05, 3.63) is 57.8 Å². The van der Waals surface area contributed by atoms with Crippen LogP contribution in [0.3, 0.4) is 0 Å². The number of ether oxygens (including phenoxy) is 1. The van der Waals surface area contributed by atoms with Crippen molar-refractivity contribution in [1.82, 2.24) is 19.7 Å². The SMILES string of the molecule is COc1ccc(NC(=O)c2nnc3n2C[C@@H]2CN(C(=O)c4ccc(C)s4)C[C@@H]2C3)cc1. The lowest BCUT2D eigenvalue weighted by atomic mass is 9.89. The summed E-state index contributed by atoms with van der Waals surface area (Å²) in [6, 6.07) is 11.0. The molecule has 0 saturated carbocycles. The average Bonchev–Trinajstić information content (AvgIpc) is 3.49. The van der Waals surface area contributed by atoms with Crippen LogP contribution in [0, 0.1) is 18.8 Å². The van der Waals surface area contributed by atoms with Crippen molar-refractivity contribution in [2.45, 2.75) is 19.9 Å². The van der Waals surface area contributed by atoms with E-state index in [1.807, 2.05) is 28.5 Å². The Morgan fingerprint density at radius 2 is 1.84 bits per heavy atom. The molecule has 0 spiro atoms. The van der Waals surface area contributed by atoms with Crippen molar-refractivity contribution >= 4 is 28.8 Å². The van der Waals surface area contributed by atoms with Gasteiger partial charge in [0, 0.05) is 36.6 Å². The summed E-state index contributed by atoms with van der Waals surface area (Å²) in [5, 5.41) is 11.3. The van der Waals surface area contributed by atoms with Crippen molar-refractivity contribution in [3.63, 3.8) is 0 Å². The molecule has 1 saturated heterocycles. The number of aromatic nitrogens is 3. The van der Waals surface area contributed by atoms with E-state index < -0.39 is 0 Å². The van der Waals surface area contributed by atoms with Gasteiger partial charge in [-0.15, -0.1) is 21.5 Å². The van der Waals surface area contributed by atoms with Crippen LogP contribution in [-0.2, 0) is 13.0 Å². The zero-order valence-electron chi connectivity index (χ0n) is 17.4. The van der Waals surface area contributed by atoms with Gasteiger partial charge >= 0.3 is 0 Å². The Labute approximate surface area is 183 Å². The van der Waals surface area contributed by atoms with Crippen LogP contribution in [0.2, 0.25) is 0 Å². The third-order valence-corrected chi connectivity index (χ3v) is 7.04. The van der Waals surface area contributed by atoms with Gasteiger partial charge in [0.2, 0.25) is 5.82 Å². The van der Waals surface area contributed by atoms with Crippen molar-refractivity contribution in [2.75, 3.05) is 25.5 Å². The van der Waals surface area contributed by atoms with Crippen LogP contribution in [0.15, 0.2) is 36.4 Å². The van der Waals surface area contributed by atoms with Gasteiger partial charge < -0.3 is 19.5 Å². The van der Waals surface area contributed by atoms with Gasteiger partial charge in [-0.3, -0.25) is 9.59 Å². The molecule has 3 aromatic rings. The predicted octanol–water partition coefficient (Wildman–Crippen LogP) is 2.85. The maximum Gasteiger partial charge on any atom is 0.293 e. The van der Waals surface area contributed by atoms with Gasteiger partial charge in [-0.2, -0.15) is 0 Å². The number of carbonyl (C=O) groups excluding carboxylic acids is 2. The van der Waals surface area contributed by atoms with Crippen LogP contribution in [0.1, 0.15) is 31.0 Å². The molecule has 0 aliphatic carbocycles. The zero-order valence-corrected chi connectivity index (χ0v) is 18.2. The smallest absolute Gasteiger partial charge is 0.293 e. The molecule has 0 radical (unpaired) electrons. The van der Waals surface area contributed by atoms with Gasteiger partial charge in [0.15, 0.2) is 0 Å². The van der Waals surface area contributed by atoms with Gasteiger partial charge in [0.05, 0.1) is 12.0 Å². The van der Waals surface area contributed by atoms with Crippen LogP contribution in [0.4, 0.5) is 5.69 Å². The van der Waals surface area contributed by atoms with Crippen LogP contribution in [0.25, 0.3) is 0 Å². The Morgan fingerprint density at radius 1 is 1.06 bits per heavy atom. The Hall–Kier alpha value is -3.20. The predicted molar refractivity (Wildman–Crippen MR) is 117 cm³/mol. The fraction of sp³-hybridized carbons (Fsp3) is 0.364. The first-order valence-corrected chi connectivity index (χ1v) is 11.1. The van der Waals surface area contributed by atoms with Gasteiger partial charge in [0.25, 0.3) is 11.8 Å². The Bertz CT molecular complexity index is 1140. The number of hydrogen-bond donors (Lipinski definition) is 1. The highest BCUT2D eigenvalue weighted by Gasteiger charge is 2.41. The van der Waals surface area contributed by atoms with E-state index in [4.69, 9.17) is 4.74 Å². The summed E-state index contributed by atoms with van der Waals surface area (Å²) in [6.45, 7) is 4.07. The molecule has 2 amide bonds. The number of likely N-dealkylation sites (tertiary alicyclic amines) is 1. The fourth-order valence-electron chi connectivity index (χ4n) is 4.42. The topological polar surface area (TPSA) is 89.3 Å². The maximum absolute atomic E-state index is 12.9. The Kier molecular flexibility index (Phi) is 4.97. The Morgan fingerprint density at radius 3 is 2.55 bits per heavy atom. The third-order valence-electron chi connectivity index (χ3n) is 6.06. The number of methoxy groups -OCH3 is 1. The molecule has 1 aromatic carbocycles. The Balaban J connectivity index is 1.29. The van der Waals surface area contributed by atoms with Crippen LogP contribution in [-0.4, -0.2) is 51.7 Å². The number of rotatable bonds is 4. The number of hydrogen-bond acceptors (Lipinski definition) is 6. The molecule has 2 aliphatic heterocycles. The van der Waals surface area contributed by atoms with Crippen molar-refractivity contribution in [1.29, 1.82) is 0 Å². The standard InChI is InChI=1S/C22H23N5O3S/c1-13-3-8-18(31-13)22(29)26-10-14-9-19-24-25-20(27(19)12-15(14)11-26)21(28)23-16-4-6-17(30-2)7-5-16/h3-8,14-15H,9-12H2,1-2H3,(H,23,28)/t14-,15-/m0/s1. The zero-order chi connectivity index (χ0) is 21.5. The molecule has 2 aliphatic rings. The van der Waals surface area contributed by atoms with E-state index in [2.05, 4.69) is 15.5 Å². The lowest BCUT2D eigenvalue weighted by molar-refractivity contribution is 0.0788. The summed E-state index contributed by atoms with van der Waals surface area (Å²) < 4.78 is 7.06. The van der Waals surface area contributed by atoms with E-state index in [1.54, 1.807) is 31.4 Å². The van der Waals surface area contributed by atoms with Gasteiger partial charge in [-0.25, -0.2) is 0 Å². The lowest BCUT2D eigenvalue weighted by Crippen LogP contribution is -2.31. The summed E-state index contributed by atoms with van der Waals surface area (Å²) in [6.07, 6.45) is 0.723. The minimum Gasteiger partial charge on any atom is -0.497 e. The number of anilines is 1. The normalized spacial score (nSPS) is 19.6. The molecule has 31 heavy (non-hydrogen) atoms. The van der Waals surface area contributed by atoms with E-state index in [-0.39, 0.29) is 11.8 Å². The fourth-order valence-corrected chi connectivity index (χ4v) is 5.26. The number of carbonyl (C=O) groups is 2. The summed E-state index contributed by atoms with van der Waals surface area (Å²) in [4.78, 5) is 29.6. The molecular formula is C22H23N5O3S. The van der Waals surface area contributed by atoms with E-state index >= 15 is 0 Å². The summed E-state index contributed by atoms with van der Waals surface area (Å²) in [5.41, 5.74) is 0.667. The maximum atomic E-state index is 12.9. The van der Waals surface area contributed by atoms with E-state index in [1.165, 1.54) is 11.3 Å². The van der Waals surface area contributed by atoms with Crippen LogP contribution >= 0.6 is 11.3 Å².